The van der Waals surface area contributed by atoms with Gasteiger partial charge in [0.15, 0.2) is 0 Å². The van der Waals surface area contributed by atoms with E-state index in [1.807, 2.05) is 48.3 Å². The molecule has 4 aromatic rings. The summed E-state index contributed by atoms with van der Waals surface area (Å²) in [4.78, 5) is 6.74. The van der Waals surface area contributed by atoms with E-state index in [-0.39, 0.29) is 0 Å². The van der Waals surface area contributed by atoms with E-state index in [0.717, 1.165) is 40.7 Å². The number of ether oxygens (including phenoxy) is 1. The van der Waals surface area contributed by atoms with Crippen molar-refractivity contribution in [2.24, 2.45) is 10.7 Å². The average Bonchev–Trinajstić information content (AvgIpc) is 3.19. The molecule has 0 amide bonds. The van der Waals surface area contributed by atoms with Gasteiger partial charge in [-0.25, -0.2) is 4.99 Å². The van der Waals surface area contributed by atoms with E-state index in [2.05, 4.69) is 30.3 Å². The molecule has 1 aliphatic carbocycles. The molecule has 4 heteroatoms. The van der Waals surface area contributed by atoms with E-state index in [1.165, 1.54) is 21.9 Å². The molecule has 29 heavy (non-hydrogen) atoms. The molecule has 144 valence electrons. The van der Waals surface area contributed by atoms with Gasteiger partial charge in [0.2, 0.25) is 5.96 Å². The summed E-state index contributed by atoms with van der Waals surface area (Å²) in [5, 5.41) is 4.65. The highest BCUT2D eigenvalue weighted by atomic mass is 16.5. The van der Waals surface area contributed by atoms with Gasteiger partial charge in [-0.3, -0.25) is 0 Å². The van der Waals surface area contributed by atoms with Gasteiger partial charge in [0.25, 0.3) is 0 Å². The molecular formula is C25H23N3O. The monoisotopic (exact) mass is 381 g/mol. The lowest BCUT2D eigenvalue weighted by Gasteiger charge is -2.21. The van der Waals surface area contributed by atoms with Crippen LogP contribution in [0, 0.1) is 0 Å². The first kappa shape index (κ1) is 17.6. The zero-order valence-corrected chi connectivity index (χ0v) is 16.6. The summed E-state index contributed by atoms with van der Waals surface area (Å²) in [5.74, 6) is 1.29. The third kappa shape index (κ3) is 2.80. The van der Waals surface area contributed by atoms with Crippen LogP contribution in [0.4, 0.5) is 11.4 Å². The minimum atomic E-state index is 0.457. The first-order valence-corrected chi connectivity index (χ1v) is 9.84. The summed E-state index contributed by atoms with van der Waals surface area (Å²) >= 11 is 0. The molecule has 0 spiro atoms. The second-order valence-electron chi connectivity index (χ2n) is 7.45. The Morgan fingerprint density at radius 1 is 0.862 bits per heavy atom. The molecule has 0 atom stereocenters. The zero-order valence-electron chi connectivity index (χ0n) is 16.6. The third-order valence-electron chi connectivity index (χ3n) is 5.87. The van der Waals surface area contributed by atoms with Crippen molar-refractivity contribution in [2.75, 3.05) is 19.1 Å². The number of nitrogens with two attached hydrogens (primary N) is 1. The number of guanidine groups is 1. The molecule has 0 heterocycles. The lowest BCUT2D eigenvalue weighted by atomic mass is 10.0. The fraction of sp³-hybridized carbons (Fsp3) is 0.160. The third-order valence-corrected chi connectivity index (χ3v) is 5.87. The topological polar surface area (TPSA) is 50.9 Å². The van der Waals surface area contributed by atoms with E-state index in [9.17, 15) is 0 Å². The van der Waals surface area contributed by atoms with Crippen LogP contribution in [0.3, 0.4) is 0 Å². The molecule has 0 saturated carbocycles. The Morgan fingerprint density at radius 2 is 1.59 bits per heavy atom. The standard InChI is InChI=1S/C25H23N3O/c1-28(22-14-12-17-11-10-16-6-5-9-20(22)24(16)17)25(26)27-21-13-15-23(29-2)19-8-4-3-7-18(19)21/h3-9,12-15H,10-11H2,1-2H3,(H2,26,27). The normalized spacial score (nSPS) is 13.2. The Morgan fingerprint density at radius 3 is 2.38 bits per heavy atom. The van der Waals surface area contributed by atoms with Gasteiger partial charge in [0.1, 0.15) is 5.75 Å². The maximum Gasteiger partial charge on any atom is 0.200 e. The molecule has 1 aliphatic rings. The highest BCUT2D eigenvalue weighted by molar-refractivity contribution is 6.08. The van der Waals surface area contributed by atoms with Crippen molar-refractivity contribution in [3.8, 4) is 5.75 Å². The molecule has 0 unspecified atom stereocenters. The predicted octanol–water partition coefficient (Wildman–Crippen LogP) is 5.18. The molecule has 0 saturated heterocycles. The summed E-state index contributed by atoms with van der Waals surface area (Å²) in [5.41, 5.74) is 11.2. The lowest BCUT2D eigenvalue weighted by molar-refractivity contribution is 0.420. The molecule has 4 nitrogen and oxygen atoms in total. The van der Waals surface area contributed by atoms with Gasteiger partial charge < -0.3 is 15.4 Å². The quantitative estimate of drug-likeness (QED) is 0.393. The second-order valence-corrected chi connectivity index (χ2v) is 7.45. The Bertz CT molecular complexity index is 1270. The van der Waals surface area contributed by atoms with Crippen LogP contribution in [-0.4, -0.2) is 20.1 Å². The first-order valence-electron chi connectivity index (χ1n) is 9.84. The number of hydrogen-bond donors (Lipinski definition) is 1. The van der Waals surface area contributed by atoms with Gasteiger partial charge >= 0.3 is 0 Å². The number of rotatable bonds is 3. The number of hydrogen-bond acceptors (Lipinski definition) is 2. The summed E-state index contributed by atoms with van der Waals surface area (Å²) in [6, 6.07) is 22.9. The maximum atomic E-state index is 6.47. The Hall–Kier alpha value is -3.53. The second kappa shape index (κ2) is 6.82. The van der Waals surface area contributed by atoms with E-state index >= 15 is 0 Å². The Balaban J connectivity index is 1.60. The number of benzene rings is 4. The zero-order chi connectivity index (χ0) is 20.0. The molecule has 2 N–H and O–H groups in total. The molecule has 4 aromatic carbocycles. The van der Waals surface area contributed by atoms with Crippen LogP contribution in [-0.2, 0) is 12.8 Å². The predicted molar refractivity (Wildman–Crippen MR) is 122 cm³/mol. The number of aryl methyl sites for hydroxylation is 2. The average molecular weight is 381 g/mol. The summed E-state index contributed by atoms with van der Waals surface area (Å²) < 4.78 is 5.49. The summed E-state index contributed by atoms with van der Waals surface area (Å²) in [6.45, 7) is 0. The molecule has 5 rings (SSSR count). The van der Waals surface area contributed by atoms with Crippen LogP contribution in [0.5, 0.6) is 5.75 Å². The van der Waals surface area contributed by atoms with Gasteiger partial charge in [-0.1, -0.05) is 48.5 Å². The van der Waals surface area contributed by atoms with E-state index < -0.39 is 0 Å². The van der Waals surface area contributed by atoms with Crippen molar-refractivity contribution in [1.29, 1.82) is 0 Å². The Labute approximate surface area is 170 Å². The number of fused-ring (bicyclic) bond motifs is 1. The summed E-state index contributed by atoms with van der Waals surface area (Å²) in [6.07, 6.45) is 2.22. The number of anilines is 1. The minimum Gasteiger partial charge on any atom is -0.496 e. The van der Waals surface area contributed by atoms with Crippen LogP contribution in [0.25, 0.3) is 21.5 Å². The van der Waals surface area contributed by atoms with E-state index in [1.54, 1.807) is 7.11 Å². The molecule has 0 fully saturated rings. The molecule has 0 radical (unpaired) electrons. The number of aliphatic imine (C=N–C) groups is 1. The molecule has 0 aromatic heterocycles. The van der Waals surface area contributed by atoms with Crippen molar-refractivity contribution in [1.82, 2.24) is 0 Å². The van der Waals surface area contributed by atoms with Crippen LogP contribution in [0.2, 0.25) is 0 Å². The van der Waals surface area contributed by atoms with Gasteiger partial charge in [0.05, 0.1) is 18.5 Å². The van der Waals surface area contributed by atoms with Crippen molar-refractivity contribution in [3.63, 3.8) is 0 Å². The van der Waals surface area contributed by atoms with Crippen LogP contribution < -0.4 is 15.4 Å². The van der Waals surface area contributed by atoms with Crippen molar-refractivity contribution < 1.29 is 4.74 Å². The highest BCUT2D eigenvalue weighted by Crippen LogP contribution is 2.37. The van der Waals surface area contributed by atoms with Crippen LogP contribution >= 0.6 is 0 Å². The Kier molecular flexibility index (Phi) is 4.13. The first-order chi connectivity index (χ1) is 14.2. The smallest absolute Gasteiger partial charge is 0.200 e. The summed E-state index contributed by atoms with van der Waals surface area (Å²) in [7, 11) is 3.66. The SMILES string of the molecule is COc1ccc(N=C(N)N(C)c2ccc3c4c(cccc24)CC3)c2ccccc12. The van der Waals surface area contributed by atoms with Gasteiger partial charge in [-0.2, -0.15) is 0 Å². The van der Waals surface area contributed by atoms with Crippen molar-refractivity contribution >= 4 is 38.9 Å². The van der Waals surface area contributed by atoms with E-state index in [0.29, 0.717) is 5.96 Å². The van der Waals surface area contributed by atoms with Gasteiger partial charge in [0, 0.05) is 23.2 Å². The fourth-order valence-corrected chi connectivity index (χ4v) is 4.38. The fourth-order valence-electron chi connectivity index (χ4n) is 4.38. The van der Waals surface area contributed by atoms with Crippen molar-refractivity contribution in [3.05, 3.63) is 77.9 Å². The molecule has 0 aliphatic heterocycles. The van der Waals surface area contributed by atoms with Gasteiger partial charge in [-0.05, 0) is 47.6 Å². The van der Waals surface area contributed by atoms with Crippen LogP contribution in [0.15, 0.2) is 71.7 Å². The van der Waals surface area contributed by atoms with Gasteiger partial charge in [-0.15, -0.1) is 0 Å². The minimum absolute atomic E-state index is 0.457. The lowest BCUT2D eigenvalue weighted by Crippen LogP contribution is -2.33. The highest BCUT2D eigenvalue weighted by Gasteiger charge is 2.18. The number of methoxy groups -OCH3 is 1. The molecular weight excluding hydrogens is 358 g/mol. The largest absolute Gasteiger partial charge is 0.496 e. The molecule has 0 bridgehead atoms. The maximum absolute atomic E-state index is 6.47. The van der Waals surface area contributed by atoms with Crippen LogP contribution in [0.1, 0.15) is 11.1 Å². The van der Waals surface area contributed by atoms with E-state index in [4.69, 9.17) is 15.5 Å². The van der Waals surface area contributed by atoms with Crippen molar-refractivity contribution in [2.45, 2.75) is 12.8 Å². The number of nitrogens with zero attached hydrogens (tertiary/aromatic N) is 2.